The van der Waals surface area contributed by atoms with Crippen LogP contribution in [0.5, 0.6) is 0 Å². The van der Waals surface area contributed by atoms with Gasteiger partial charge >= 0.3 is 0 Å². The molecule has 1 aromatic carbocycles. The van der Waals surface area contributed by atoms with Crippen molar-refractivity contribution in [3.05, 3.63) is 29.6 Å². The summed E-state index contributed by atoms with van der Waals surface area (Å²) in [6.45, 7) is 9.20. The van der Waals surface area contributed by atoms with Crippen LogP contribution in [0, 0.1) is 5.82 Å². The summed E-state index contributed by atoms with van der Waals surface area (Å²) in [5.41, 5.74) is 0.953. The van der Waals surface area contributed by atoms with Gasteiger partial charge < -0.3 is 4.90 Å². The van der Waals surface area contributed by atoms with Gasteiger partial charge in [-0.3, -0.25) is 9.69 Å². The van der Waals surface area contributed by atoms with Crippen molar-refractivity contribution < 1.29 is 9.18 Å². The van der Waals surface area contributed by atoms with Crippen molar-refractivity contribution in [1.29, 1.82) is 0 Å². The lowest BCUT2D eigenvalue weighted by Gasteiger charge is -2.41. The zero-order valence-electron chi connectivity index (χ0n) is 11.8. The van der Waals surface area contributed by atoms with Gasteiger partial charge in [-0.15, -0.1) is 0 Å². The van der Waals surface area contributed by atoms with Gasteiger partial charge in [0.2, 0.25) is 0 Å². The first-order chi connectivity index (χ1) is 9.04. The highest BCUT2D eigenvalue weighted by molar-refractivity contribution is 5.99. The Balaban J connectivity index is 2.30. The maximum Gasteiger partial charge on any atom is 0.161 e. The first-order valence-electron chi connectivity index (χ1n) is 6.83. The SMILES string of the molecule is CCN1CCN(c2c(F)cccc2C(C)=O)CC1C. The van der Waals surface area contributed by atoms with E-state index in [9.17, 15) is 9.18 Å². The Morgan fingerprint density at radius 1 is 1.42 bits per heavy atom. The molecule has 1 aliphatic heterocycles. The topological polar surface area (TPSA) is 23.6 Å². The van der Waals surface area contributed by atoms with Gasteiger partial charge in [0, 0.05) is 31.2 Å². The molecule has 1 heterocycles. The Bertz CT molecular complexity index is 475. The van der Waals surface area contributed by atoms with Gasteiger partial charge in [-0.2, -0.15) is 0 Å². The summed E-state index contributed by atoms with van der Waals surface area (Å²) in [7, 11) is 0. The van der Waals surface area contributed by atoms with Crippen molar-refractivity contribution in [2.24, 2.45) is 0 Å². The fourth-order valence-electron chi connectivity index (χ4n) is 2.79. The van der Waals surface area contributed by atoms with Crippen LogP contribution in [0.1, 0.15) is 31.1 Å². The van der Waals surface area contributed by atoms with E-state index in [1.54, 1.807) is 12.1 Å². The molecular formula is C15H21FN2O. The first kappa shape index (κ1) is 14.0. The van der Waals surface area contributed by atoms with Gasteiger partial charge in [-0.1, -0.05) is 13.0 Å². The highest BCUT2D eigenvalue weighted by Gasteiger charge is 2.26. The predicted molar refractivity (Wildman–Crippen MR) is 75.3 cm³/mol. The van der Waals surface area contributed by atoms with Gasteiger partial charge in [0.05, 0.1) is 5.69 Å². The lowest BCUT2D eigenvalue weighted by Crippen LogP contribution is -2.52. The number of halogens is 1. The summed E-state index contributed by atoms with van der Waals surface area (Å²) in [5, 5.41) is 0. The Kier molecular flexibility index (Phi) is 4.20. The van der Waals surface area contributed by atoms with Crippen molar-refractivity contribution in [1.82, 2.24) is 4.90 Å². The molecule has 1 aromatic rings. The molecule has 0 N–H and O–H groups in total. The molecular weight excluding hydrogens is 243 g/mol. The number of benzene rings is 1. The van der Waals surface area contributed by atoms with Crippen LogP contribution in [0.3, 0.4) is 0 Å². The lowest BCUT2D eigenvalue weighted by atomic mass is 10.1. The first-order valence-corrected chi connectivity index (χ1v) is 6.83. The summed E-state index contributed by atoms with van der Waals surface area (Å²) in [6.07, 6.45) is 0. The minimum absolute atomic E-state index is 0.0833. The normalized spacial score (nSPS) is 20.6. The molecule has 2 rings (SSSR count). The molecule has 1 saturated heterocycles. The molecule has 0 spiro atoms. The number of ketones is 1. The van der Waals surface area contributed by atoms with E-state index in [4.69, 9.17) is 0 Å². The molecule has 0 bridgehead atoms. The average molecular weight is 264 g/mol. The number of piperazine rings is 1. The zero-order chi connectivity index (χ0) is 14.0. The van der Waals surface area contributed by atoms with Crippen LogP contribution in [0.2, 0.25) is 0 Å². The molecule has 1 fully saturated rings. The highest BCUT2D eigenvalue weighted by Crippen LogP contribution is 2.27. The zero-order valence-corrected chi connectivity index (χ0v) is 11.8. The second kappa shape index (κ2) is 5.70. The minimum atomic E-state index is -0.301. The third kappa shape index (κ3) is 2.78. The van der Waals surface area contributed by atoms with Crippen LogP contribution in [-0.2, 0) is 0 Å². The number of Topliss-reactive ketones (excluding diaryl/α,β-unsaturated/α-hetero) is 1. The average Bonchev–Trinajstić information content (AvgIpc) is 2.38. The number of para-hydroxylation sites is 1. The third-order valence-electron chi connectivity index (χ3n) is 3.85. The lowest BCUT2D eigenvalue weighted by molar-refractivity contribution is 0.101. The fourth-order valence-corrected chi connectivity index (χ4v) is 2.79. The van der Waals surface area contributed by atoms with E-state index in [-0.39, 0.29) is 11.6 Å². The van der Waals surface area contributed by atoms with Crippen LogP contribution < -0.4 is 4.90 Å². The summed E-state index contributed by atoms with van der Waals surface area (Å²) in [6, 6.07) is 5.11. The van der Waals surface area contributed by atoms with Gasteiger partial charge in [-0.25, -0.2) is 4.39 Å². The molecule has 0 radical (unpaired) electrons. The van der Waals surface area contributed by atoms with Gasteiger partial charge in [0.25, 0.3) is 0 Å². The molecule has 0 saturated carbocycles. The van der Waals surface area contributed by atoms with Gasteiger partial charge in [0.15, 0.2) is 5.78 Å². The number of rotatable bonds is 3. The van der Waals surface area contributed by atoms with E-state index in [0.29, 0.717) is 17.3 Å². The van der Waals surface area contributed by atoms with Crippen molar-refractivity contribution in [3.63, 3.8) is 0 Å². The number of likely N-dealkylation sites (N-methyl/N-ethyl adjacent to an activating group) is 1. The van der Waals surface area contributed by atoms with Crippen molar-refractivity contribution in [2.75, 3.05) is 31.1 Å². The van der Waals surface area contributed by atoms with E-state index in [0.717, 1.165) is 26.2 Å². The predicted octanol–water partition coefficient (Wildman–Crippen LogP) is 2.56. The number of carbonyl (C=O) groups excluding carboxylic acids is 1. The summed E-state index contributed by atoms with van der Waals surface area (Å²) >= 11 is 0. The van der Waals surface area contributed by atoms with Crippen molar-refractivity contribution >= 4 is 11.5 Å². The Morgan fingerprint density at radius 3 is 2.74 bits per heavy atom. The molecule has 104 valence electrons. The molecule has 3 nitrogen and oxygen atoms in total. The molecule has 19 heavy (non-hydrogen) atoms. The van der Waals surface area contributed by atoms with Crippen LogP contribution in [-0.4, -0.2) is 42.9 Å². The summed E-state index contributed by atoms with van der Waals surface area (Å²) in [4.78, 5) is 16.0. The maximum atomic E-state index is 14.1. The number of hydrogen-bond donors (Lipinski definition) is 0. The number of hydrogen-bond acceptors (Lipinski definition) is 3. The molecule has 0 amide bonds. The number of nitrogens with zero attached hydrogens (tertiary/aromatic N) is 2. The number of anilines is 1. The maximum absolute atomic E-state index is 14.1. The van der Waals surface area contributed by atoms with E-state index in [2.05, 4.69) is 18.7 Å². The van der Waals surface area contributed by atoms with Crippen molar-refractivity contribution in [2.45, 2.75) is 26.8 Å². The Morgan fingerprint density at radius 2 is 2.16 bits per heavy atom. The van der Waals surface area contributed by atoms with Gasteiger partial charge in [0.1, 0.15) is 5.82 Å². The smallest absolute Gasteiger partial charge is 0.161 e. The van der Waals surface area contributed by atoms with Crippen molar-refractivity contribution in [3.8, 4) is 0 Å². The monoisotopic (exact) mass is 264 g/mol. The minimum Gasteiger partial charge on any atom is -0.366 e. The van der Waals surface area contributed by atoms with Crippen LogP contribution in [0.25, 0.3) is 0 Å². The van der Waals surface area contributed by atoms with Gasteiger partial charge in [-0.05, 0) is 32.5 Å². The van der Waals surface area contributed by atoms with E-state index in [1.807, 2.05) is 4.90 Å². The third-order valence-corrected chi connectivity index (χ3v) is 3.85. The van der Waals surface area contributed by atoms with E-state index in [1.165, 1.54) is 13.0 Å². The summed E-state index contributed by atoms with van der Waals surface area (Å²) in [5.74, 6) is -0.384. The molecule has 0 aliphatic carbocycles. The molecule has 1 aliphatic rings. The standard InChI is InChI=1S/C15H21FN2O/c1-4-17-8-9-18(10-11(17)2)15-13(12(3)19)6-5-7-14(15)16/h5-7,11H,4,8-10H2,1-3H3. The molecule has 1 unspecified atom stereocenters. The largest absolute Gasteiger partial charge is 0.366 e. The highest BCUT2D eigenvalue weighted by atomic mass is 19.1. The fraction of sp³-hybridized carbons (Fsp3) is 0.533. The second-order valence-corrected chi connectivity index (χ2v) is 5.12. The quantitative estimate of drug-likeness (QED) is 0.784. The Labute approximate surface area is 114 Å². The second-order valence-electron chi connectivity index (χ2n) is 5.12. The summed E-state index contributed by atoms with van der Waals surface area (Å²) < 4.78 is 14.1. The molecule has 4 heteroatoms. The van der Waals surface area contributed by atoms with Crippen LogP contribution >= 0.6 is 0 Å². The number of carbonyl (C=O) groups is 1. The van der Waals surface area contributed by atoms with Crippen LogP contribution in [0.15, 0.2) is 18.2 Å². The molecule has 0 aromatic heterocycles. The van der Waals surface area contributed by atoms with Crippen LogP contribution in [0.4, 0.5) is 10.1 Å². The van der Waals surface area contributed by atoms with E-state index >= 15 is 0 Å². The Hall–Kier alpha value is -1.42. The van der Waals surface area contributed by atoms with E-state index < -0.39 is 0 Å². The molecule has 1 atom stereocenters.